The molecule has 0 radical (unpaired) electrons. The first-order valence-corrected chi connectivity index (χ1v) is 13.2. The maximum absolute atomic E-state index is 12.5. The zero-order valence-electron chi connectivity index (χ0n) is 16.8. The molecule has 1 amide bonds. The van der Waals surface area contributed by atoms with E-state index in [0.717, 1.165) is 55.3 Å². The van der Waals surface area contributed by atoms with Gasteiger partial charge in [-0.1, -0.05) is 22.6 Å². The average Bonchev–Trinajstić information content (AvgIpc) is 3.58. The molecule has 7 nitrogen and oxygen atoms in total. The third-order valence-corrected chi connectivity index (χ3v) is 8.41. The number of carbonyl (C=O) groups excluding carboxylic acids is 1. The van der Waals surface area contributed by atoms with E-state index in [1.165, 1.54) is 0 Å². The fourth-order valence-corrected chi connectivity index (χ4v) is 5.39. The van der Waals surface area contributed by atoms with E-state index in [0.29, 0.717) is 30.3 Å². The Morgan fingerprint density at radius 1 is 1.21 bits per heavy atom. The summed E-state index contributed by atoms with van der Waals surface area (Å²) in [7, 11) is -1.48. The first-order valence-electron chi connectivity index (χ1n) is 10.1. The molecular formula is C20H30IN3O4S. The molecule has 2 aliphatic rings. The van der Waals surface area contributed by atoms with Gasteiger partial charge in [0.2, 0.25) is 10.0 Å². The Kier molecular flexibility index (Phi) is 8.17. The van der Waals surface area contributed by atoms with E-state index in [1.807, 2.05) is 12.1 Å². The number of halogens is 1. The first kappa shape index (κ1) is 22.8. The number of nitrogens with zero attached hydrogens (tertiary/aromatic N) is 1. The molecule has 1 aliphatic heterocycles. The fraction of sp³-hybridized carbons (Fsp3) is 0.650. The van der Waals surface area contributed by atoms with Crippen molar-refractivity contribution in [1.82, 2.24) is 14.9 Å². The summed E-state index contributed by atoms with van der Waals surface area (Å²) in [5.74, 6) is 1.09. The Bertz CT molecular complexity index is 784. The lowest BCUT2D eigenvalue weighted by atomic mass is 9.96. The van der Waals surface area contributed by atoms with Gasteiger partial charge in [-0.3, -0.25) is 4.79 Å². The second kappa shape index (κ2) is 10.4. The molecule has 2 fully saturated rings. The molecule has 0 aromatic heterocycles. The van der Waals surface area contributed by atoms with Crippen LogP contribution in [0, 0.1) is 5.92 Å². The lowest BCUT2D eigenvalue weighted by molar-refractivity contribution is 0.0936. The maximum Gasteiger partial charge on any atom is 0.251 e. The van der Waals surface area contributed by atoms with Crippen molar-refractivity contribution in [2.75, 3.05) is 39.8 Å². The minimum Gasteiger partial charge on any atom is -0.497 e. The first-order chi connectivity index (χ1) is 13.9. The molecule has 0 bridgehead atoms. The highest BCUT2D eigenvalue weighted by atomic mass is 127. The quantitative estimate of drug-likeness (QED) is 0.354. The van der Waals surface area contributed by atoms with Crippen molar-refractivity contribution >= 4 is 38.5 Å². The smallest absolute Gasteiger partial charge is 0.251 e. The highest BCUT2D eigenvalue weighted by Crippen LogP contribution is 2.27. The zero-order valence-corrected chi connectivity index (χ0v) is 19.8. The van der Waals surface area contributed by atoms with Crippen LogP contribution in [-0.2, 0) is 14.5 Å². The summed E-state index contributed by atoms with van der Waals surface area (Å²) in [6.45, 7) is 3.76. The highest BCUT2D eigenvalue weighted by molar-refractivity contribution is 14.1. The lowest BCUT2D eigenvalue weighted by Crippen LogP contribution is -2.42. The number of likely N-dealkylation sites (tertiary alicyclic amines) is 1. The number of nitrogens with one attached hydrogen (secondary N) is 2. The van der Waals surface area contributed by atoms with E-state index in [-0.39, 0.29) is 11.2 Å². The third kappa shape index (κ3) is 6.80. The van der Waals surface area contributed by atoms with E-state index in [1.54, 1.807) is 13.2 Å². The van der Waals surface area contributed by atoms with Gasteiger partial charge in [-0.2, -0.15) is 0 Å². The molecule has 1 aromatic rings. The SMILES string of the molecule is COc1cc(CI)cc(C(=O)NCC2CCN(CCNS(=O)(=O)C3CC3)CC2)c1. The van der Waals surface area contributed by atoms with Gasteiger partial charge in [-0.15, -0.1) is 0 Å². The number of benzene rings is 1. The Labute approximate surface area is 187 Å². The summed E-state index contributed by atoms with van der Waals surface area (Å²) in [6, 6.07) is 5.63. The summed E-state index contributed by atoms with van der Waals surface area (Å²) in [6.07, 6.45) is 3.60. The molecule has 1 heterocycles. The van der Waals surface area contributed by atoms with Crippen LogP contribution in [0.1, 0.15) is 41.6 Å². The van der Waals surface area contributed by atoms with Crippen molar-refractivity contribution in [3.8, 4) is 5.75 Å². The van der Waals surface area contributed by atoms with Crippen LogP contribution in [0.5, 0.6) is 5.75 Å². The van der Waals surface area contributed by atoms with Gasteiger partial charge in [-0.25, -0.2) is 13.1 Å². The van der Waals surface area contributed by atoms with Gasteiger partial charge in [0.05, 0.1) is 12.4 Å². The summed E-state index contributed by atoms with van der Waals surface area (Å²) in [5, 5.41) is 2.90. The molecule has 3 rings (SSSR count). The third-order valence-electron chi connectivity index (χ3n) is 5.57. The Balaban J connectivity index is 1.38. The van der Waals surface area contributed by atoms with Gasteiger partial charge in [0.1, 0.15) is 5.75 Å². The van der Waals surface area contributed by atoms with Crippen molar-refractivity contribution in [2.24, 2.45) is 5.92 Å². The summed E-state index contributed by atoms with van der Waals surface area (Å²) >= 11 is 2.27. The van der Waals surface area contributed by atoms with Crippen LogP contribution in [0.2, 0.25) is 0 Å². The van der Waals surface area contributed by atoms with Gasteiger partial charge in [-0.05, 0) is 68.5 Å². The number of sulfonamides is 1. The van der Waals surface area contributed by atoms with Crippen LogP contribution in [0.15, 0.2) is 18.2 Å². The number of carbonyl (C=O) groups is 1. The van der Waals surface area contributed by atoms with Crippen molar-refractivity contribution in [2.45, 2.75) is 35.4 Å². The van der Waals surface area contributed by atoms with Gasteiger partial charge in [0.15, 0.2) is 0 Å². The van der Waals surface area contributed by atoms with Crippen LogP contribution >= 0.6 is 22.6 Å². The molecule has 0 spiro atoms. The van der Waals surface area contributed by atoms with Crippen molar-refractivity contribution in [3.63, 3.8) is 0 Å². The topological polar surface area (TPSA) is 87.7 Å². The Morgan fingerprint density at radius 3 is 2.55 bits per heavy atom. The average molecular weight is 535 g/mol. The van der Waals surface area contributed by atoms with Gasteiger partial charge < -0.3 is 15.0 Å². The van der Waals surface area contributed by atoms with Crippen LogP contribution in [-0.4, -0.2) is 64.3 Å². The monoisotopic (exact) mass is 535 g/mol. The van der Waals surface area contributed by atoms with Gasteiger partial charge in [0, 0.05) is 29.6 Å². The number of hydrogen-bond acceptors (Lipinski definition) is 5. The van der Waals surface area contributed by atoms with Crippen LogP contribution in [0.3, 0.4) is 0 Å². The molecule has 9 heteroatoms. The molecule has 2 N–H and O–H groups in total. The number of ether oxygens (including phenoxy) is 1. The van der Waals surface area contributed by atoms with Crippen LogP contribution in [0.4, 0.5) is 0 Å². The van der Waals surface area contributed by atoms with E-state index < -0.39 is 10.0 Å². The lowest BCUT2D eigenvalue weighted by Gasteiger charge is -2.32. The normalized spacial score (nSPS) is 18.6. The predicted molar refractivity (Wildman–Crippen MR) is 122 cm³/mol. The fourth-order valence-electron chi connectivity index (χ4n) is 3.58. The number of amides is 1. The summed E-state index contributed by atoms with van der Waals surface area (Å²) in [4.78, 5) is 14.8. The molecule has 1 saturated carbocycles. The predicted octanol–water partition coefficient (Wildman–Crippen LogP) is 2.15. The standard InChI is InChI=1S/C20H30IN3O4S/c1-28-18-11-16(13-21)10-17(12-18)20(25)22-14-15-4-7-24(8-5-15)9-6-23-29(26,27)19-2-3-19/h10-12,15,19,23H,2-9,13-14H2,1H3,(H,22,25). The number of alkyl halides is 1. The molecule has 29 heavy (non-hydrogen) atoms. The molecule has 1 aliphatic carbocycles. The minimum absolute atomic E-state index is 0.0630. The largest absolute Gasteiger partial charge is 0.497 e. The Hall–Kier alpha value is -0.910. The molecule has 0 atom stereocenters. The second-order valence-electron chi connectivity index (χ2n) is 7.84. The number of piperidine rings is 1. The number of rotatable bonds is 10. The van der Waals surface area contributed by atoms with Crippen molar-refractivity contribution in [3.05, 3.63) is 29.3 Å². The van der Waals surface area contributed by atoms with E-state index in [4.69, 9.17) is 4.74 Å². The summed E-state index contributed by atoms with van der Waals surface area (Å²) in [5.41, 5.74) is 1.71. The molecule has 0 unspecified atom stereocenters. The van der Waals surface area contributed by atoms with E-state index >= 15 is 0 Å². The van der Waals surface area contributed by atoms with Crippen molar-refractivity contribution in [1.29, 1.82) is 0 Å². The van der Waals surface area contributed by atoms with Crippen molar-refractivity contribution < 1.29 is 17.9 Å². The van der Waals surface area contributed by atoms with E-state index in [9.17, 15) is 13.2 Å². The van der Waals surface area contributed by atoms with Crippen LogP contribution < -0.4 is 14.8 Å². The molecule has 1 aromatic carbocycles. The minimum atomic E-state index is -3.09. The summed E-state index contributed by atoms with van der Waals surface area (Å²) < 4.78 is 32.5. The second-order valence-corrected chi connectivity index (χ2v) is 10.6. The molecular weight excluding hydrogens is 505 g/mol. The number of hydrogen-bond donors (Lipinski definition) is 2. The zero-order chi connectivity index (χ0) is 20.9. The maximum atomic E-state index is 12.5. The van der Waals surface area contributed by atoms with Crippen LogP contribution in [0.25, 0.3) is 0 Å². The van der Waals surface area contributed by atoms with E-state index in [2.05, 4.69) is 37.5 Å². The molecule has 1 saturated heterocycles. The highest BCUT2D eigenvalue weighted by Gasteiger charge is 2.35. The number of methoxy groups -OCH3 is 1. The molecule has 162 valence electrons. The Morgan fingerprint density at radius 2 is 1.93 bits per heavy atom. The van der Waals surface area contributed by atoms with Gasteiger partial charge in [0.25, 0.3) is 5.91 Å². The van der Waals surface area contributed by atoms with Gasteiger partial charge >= 0.3 is 0 Å².